The van der Waals surface area contributed by atoms with Crippen LogP contribution >= 0.6 is 0 Å². The molecule has 0 spiro atoms. The molecule has 3 rings (SSSR count). The molecule has 0 aromatic heterocycles. The molecular formula is C30H37N3O4S. The average molecular weight is 536 g/mol. The van der Waals surface area contributed by atoms with Gasteiger partial charge in [0.1, 0.15) is 12.6 Å². The minimum absolute atomic E-state index is 0.0924. The topological polar surface area (TPSA) is 86.8 Å². The normalized spacial score (nSPS) is 12.2. The first kappa shape index (κ1) is 28.9. The number of aryl methyl sites for hydroxylation is 2. The molecule has 38 heavy (non-hydrogen) atoms. The van der Waals surface area contributed by atoms with E-state index in [1.165, 1.54) is 21.3 Å². The van der Waals surface area contributed by atoms with Crippen molar-refractivity contribution in [3.8, 4) is 0 Å². The number of carbonyl (C=O) groups excluding carboxylic acids is 2. The Bertz CT molecular complexity index is 1360. The molecule has 0 aliphatic carbocycles. The van der Waals surface area contributed by atoms with Gasteiger partial charge in [0.2, 0.25) is 11.8 Å². The first-order valence-corrected chi connectivity index (χ1v) is 14.3. The summed E-state index contributed by atoms with van der Waals surface area (Å²) in [6, 6.07) is 22.0. The molecule has 3 aromatic rings. The van der Waals surface area contributed by atoms with Crippen molar-refractivity contribution in [1.29, 1.82) is 0 Å². The molecule has 3 aromatic carbocycles. The van der Waals surface area contributed by atoms with Gasteiger partial charge in [-0.25, -0.2) is 8.42 Å². The molecule has 7 nitrogen and oxygen atoms in total. The molecule has 2 amide bonds. The number of carbonyl (C=O) groups is 2. The lowest BCUT2D eigenvalue weighted by atomic mass is 10.1. The Labute approximate surface area is 226 Å². The largest absolute Gasteiger partial charge is 0.352 e. The summed E-state index contributed by atoms with van der Waals surface area (Å²) < 4.78 is 29.0. The molecule has 0 bridgehead atoms. The van der Waals surface area contributed by atoms with Crippen LogP contribution < -0.4 is 9.62 Å². The summed E-state index contributed by atoms with van der Waals surface area (Å²) in [7, 11) is -4.08. The highest BCUT2D eigenvalue weighted by Gasteiger charge is 2.33. The van der Waals surface area contributed by atoms with Crippen LogP contribution in [0.1, 0.15) is 44.4 Å². The lowest BCUT2D eigenvalue weighted by Gasteiger charge is -2.33. The monoisotopic (exact) mass is 535 g/mol. The summed E-state index contributed by atoms with van der Waals surface area (Å²) >= 11 is 0. The molecule has 0 aliphatic heterocycles. The number of sulfonamides is 1. The molecule has 0 radical (unpaired) electrons. The van der Waals surface area contributed by atoms with Gasteiger partial charge in [-0.2, -0.15) is 0 Å². The number of para-hydroxylation sites is 1. The van der Waals surface area contributed by atoms with Crippen LogP contribution in [0, 0.1) is 6.92 Å². The van der Waals surface area contributed by atoms with E-state index < -0.39 is 28.5 Å². The second-order valence-electron chi connectivity index (χ2n) is 9.59. The van der Waals surface area contributed by atoms with Gasteiger partial charge in [0.15, 0.2) is 0 Å². The highest BCUT2D eigenvalue weighted by molar-refractivity contribution is 7.92. The number of amides is 2. The SMILES string of the molecule is CCc1ccccc1N(CC(=O)N(Cc1ccccc1C)C(C)C(=O)NC(C)C)S(=O)(=O)c1ccccc1. The van der Waals surface area contributed by atoms with Crippen LogP contribution in [-0.2, 0) is 32.6 Å². The van der Waals surface area contributed by atoms with Crippen molar-refractivity contribution in [2.45, 2.75) is 64.6 Å². The summed E-state index contributed by atoms with van der Waals surface area (Å²) in [5, 5.41) is 2.87. The highest BCUT2D eigenvalue weighted by atomic mass is 32.2. The fraction of sp³-hybridized carbons (Fsp3) is 0.333. The molecular weight excluding hydrogens is 498 g/mol. The maximum absolute atomic E-state index is 14.0. The van der Waals surface area contributed by atoms with E-state index in [2.05, 4.69) is 5.32 Å². The van der Waals surface area contributed by atoms with Crippen molar-refractivity contribution in [2.24, 2.45) is 0 Å². The summed E-state index contributed by atoms with van der Waals surface area (Å²) in [5.74, 6) is -0.765. The van der Waals surface area contributed by atoms with Gasteiger partial charge in [0.25, 0.3) is 10.0 Å². The van der Waals surface area contributed by atoms with Crippen LogP contribution in [0.4, 0.5) is 5.69 Å². The molecule has 0 aliphatic rings. The van der Waals surface area contributed by atoms with Crippen molar-refractivity contribution in [3.05, 3.63) is 95.6 Å². The summed E-state index contributed by atoms with van der Waals surface area (Å²) in [6.07, 6.45) is 0.589. The minimum Gasteiger partial charge on any atom is -0.352 e. The van der Waals surface area contributed by atoms with Gasteiger partial charge >= 0.3 is 0 Å². The minimum atomic E-state index is -4.08. The number of hydrogen-bond donors (Lipinski definition) is 1. The molecule has 0 heterocycles. The quantitative estimate of drug-likeness (QED) is 0.386. The van der Waals surface area contributed by atoms with Crippen molar-refractivity contribution in [2.75, 3.05) is 10.8 Å². The van der Waals surface area contributed by atoms with Crippen molar-refractivity contribution < 1.29 is 18.0 Å². The van der Waals surface area contributed by atoms with Crippen molar-refractivity contribution >= 4 is 27.5 Å². The lowest BCUT2D eigenvalue weighted by molar-refractivity contribution is -0.139. The Morgan fingerprint density at radius 3 is 2.03 bits per heavy atom. The van der Waals surface area contributed by atoms with E-state index in [-0.39, 0.29) is 23.4 Å². The van der Waals surface area contributed by atoms with Gasteiger partial charge in [-0.05, 0) is 69.0 Å². The summed E-state index contributed by atoms with van der Waals surface area (Å²) in [6.45, 7) is 9.00. The lowest BCUT2D eigenvalue weighted by Crippen LogP contribution is -2.52. The van der Waals surface area contributed by atoms with Crippen LogP contribution in [0.3, 0.4) is 0 Å². The predicted molar refractivity (Wildman–Crippen MR) is 151 cm³/mol. The Hall–Kier alpha value is -3.65. The number of nitrogens with zero attached hydrogens (tertiary/aromatic N) is 2. The van der Waals surface area contributed by atoms with Crippen LogP contribution in [0.2, 0.25) is 0 Å². The molecule has 0 saturated carbocycles. The van der Waals surface area contributed by atoms with Crippen LogP contribution in [0.15, 0.2) is 83.8 Å². The van der Waals surface area contributed by atoms with Gasteiger partial charge in [-0.3, -0.25) is 13.9 Å². The van der Waals surface area contributed by atoms with Gasteiger partial charge < -0.3 is 10.2 Å². The Kier molecular flexibility index (Phi) is 9.69. The van der Waals surface area contributed by atoms with E-state index in [9.17, 15) is 18.0 Å². The zero-order chi connectivity index (χ0) is 27.9. The van der Waals surface area contributed by atoms with Crippen molar-refractivity contribution in [1.82, 2.24) is 10.2 Å². The summed E-state index contributed by atoms with van der Waals surface area (Å²) in [4.78, 5) is 28.6. The summed E-state index contributed by atoms with van der Waals surface area (Å²) in [5.41, 5.74) is 3.11. The zero-order valence-corrected chi connectivity index (χ0v) is 23.5. The van der Waals surface area contributed by atoms with Crippen LogP contribution in [-0.4, -0.2) is 43.8 Å². The van der Waals surface area contributed by atoms with E-state index in [0.29, 0.717) is 12.1 Å². The number of hydrogen-bond acceptors (Lipinski definition) is 4. The molecule has 202 valence electrons. The molecule has 8 heteroatoms. The zero-order valence-electron chi connectivity index (χ0n) is 22.7. The number of nitrogens with one attached hydrogen (secondary N) is 1. The Morgan fingerprint density at radius 1 is 0.842 bits per heavy atom. The van der Waals surface area contributed by atoms with E-state index in [1.807, 2.05) is 64.1 Å². The van der Waals surface area contributed by atoms with Crippen LogP contribution in [0.5, 0.6) is 0 Å². The average Bonchev–Trinajstić information content (AvgIpc) is 2.90. The highest BCUT2D eigenvalue weighted by Crippen LogP contribution is 2.28. The molecule has 1 atom stereocenters. The molecule has 1 unspecified atom stereocenters. The smallest absolute Gasteiger partial charge is 0.264 e. The van der Waals surface area contributed by atoms with Gasteiger partial charge in [-0.15, -0.1) is 0 Å². The number of anilines is 1. The van der Waals surface area contributed by atoms with E-state index in [0.717, 1.165) is 16.7 Å². The Balaban J connectivity index is 2.07. The van der Waals surface area contributed by atoms with Gasteiger partial charge in [0.05, 0.1) is 10.6 Å². The standard InChI is InChI=1S/C30H37N3O4S/c1-6-25-15-12-13-19-28(25)33(38(36,37)27-17-8-7-9-18-27)21-29(34)32(24(5)30(35)31-22(2)3)20-26-16-11-10-14-23(26)4/h7-19,22,24H,6,20-21H2,1-5H3,(H,31,35). The van der Waals surface area contributed by atoms with Crippen LogP contribution in [0.25, 0.3) is 0 Å². The fourth-order valence-electron chi connectivity index (χ4n) is 4.24. The van der Waals surface area contributed by atoms with Crippen molar-refractivity contribution in [3.63, 3.8) is 0 Å². The van der Waals surface area contributed by atoms with E-state index >= 15 is 0 Å². The van der Waals surface area contributed by atoms with Gasteiger partial charge in [0, 0.05) is 12.6 Å². The molecule has 0 saturated heterocycles. The molecule has 0 fully saturated rings. The molecule has 1 N–H and O–H groups in total. The predicted octanol–water partition coefficient (Wildman–Crippen LogP) is 4.69. The fourth-order valence-corrected chi connectivity index (χ4v) is 5.72. The second kappa shape index (κ2) is 12.7. The second-order valence-corrected chi connectivity index (χ2v) is 11.5. The maximum Gasteiger partial charge on any atom is 0.264 e. The third-order valence-corrected chi connectivity index (χ3v) is 8.23. The maximum atomic E-state index is 14.0. The Morgan fingerprint density at radius 2 is 1.42 bits per heavy atom. The third-order valence-electron chi connectivity index (χ3n) is 6.45. The number of rotatable bonds is 11. The third kappa shape index (κ3) is 6.81. The first-order chi connectivity index (χ1) is 18.1. The van der Waals surface area contributed by atoms with E-state index in [4.69, 9.17) is 0 Å². The van der Waals surface area contributed by atoms with Gasteiger partial charge in [-0.1, -0.05) is 67.6 Å². The number of benzene rings is 3. The first-order valence-electron chi connectivity index (χ1n) is 12.9. The van der Waals surface area contributed by atoms with E-state index in [1.54, 1.807) is 37.3 Å².